The first kappa shape index (κ1) is 16.7. The number of alkyl halides is 2. The van der Waals surface area contributed by atoms with Gasteiger partial charge in [-0.3, -0.25) is 0 Å². The lowest BCUT2D eigenvalue weighted by atomic mass is 9.86. The fourth-order valence-electron chi connectivity index (χ4n) is 2.00. The average molecular weight is 333 g/mol. The third kappa shape index (κ3) is 2.82. The highest BCUT2D eigenvalue weighted by atomic mass is 19.3. The number of nitrogens with zero attached hydrogens (tertiary/aromatic N) is 4. The number of rotatable bonds is 5. The maximum Gasteiger partial charge on any atom is 0.341 e. The normalized spacial score (nSPS) is 15.4. The second-order valence-electron chi connectivity index (χ2n) is 4.64. The van der Waals surface area contributed by atoms with E-state index in [1.807, 2.05) is 0 Å². The van der Waals surface area contributed by atoms with Gasteiger partial charge in [0, 0.05) is 11.6 Å². The molecule has 4 N–H and O–H groups in total. The van der Waals surface area contributed by atoms with E-state index in [1.165, 1.54) is 0 Å². The van der Waals surface area contributed by atoms with Crippen LogP contribution in [0.1, 0.15) is 5.56 Å². The largest absolute Gasteiger partial charge is 0.409 e. The number of benzene rings is 1. The van der Waals surface area contributed by atoms with E-state index in [-0.39, 0.29) is 0 Å². The molecule has 1 atom stereocenters. The standard InChI is InChI=1S/C12H11F4N5O2/c13-7-1-2-8(9(14)3-7)11(22,4-21-6-18-5-19-21)12(15,16)10(17)20-23/h1-3,5-6,22-23H,4H2,(H2,17,20). The molecule has 2 aromatic rings. The molecule has 7 nitrogen and oxygen atoms in total. The van der Waals surface area contributed by atoms with Gasteiger partial charge in [0.2, 0.25) is 5.84 Å². The average Bonchev–Trinajstić information content (AvgIpc) is 2.98. The number of aromatic nitrogens is 3. The first-order chi connectivity index (χ1) is 10.7. The van der Waals surface area contributed by atoms with Crippen LogP contribution in [-0.2, 0) is 12.1 Å². The zero-order valence-corrected chi connectivity index (χ0v) is 11.4. The summed E-state index contributed by atoms with van der Waals surface area (Å²) in [4.78, 5) is 3.51. The summed E-state index contributed by atoms with van der Waals surface area (Å²) in [6, 6.07) is 1.65. The van der Waals surface area contributed by atoms with Gasteiger partial charge in [-0.25, -0.2) is 18.4 Å². The van der Waals surface area contributed by atoms with Crippen LogP contribution in [0.25, 0.3) is 0 Å². The maximum absolute atomic E-state index is 14.4. The van der Waals surface area contributed by atoms with E-state index in [0.29, 0.717) is 18.2 Å². The van der Waals surface area contributed by atoms with E-state index in [2.05, 4.69) is 15.2 Å². The van der Waals surface area contributed by atoms with Crippen molar-refractivity contribution in [2.24, 2.45) is 10.9 Å². The van der Waals surface area contributed by atoms with Crippen molar-refractivity contribution in [2.45, 2.75) is 18.1 Å². The minimum Gasteiger partial charge on any atom is -0.409 e. The number of nitrogens with two attached hydrogens (primary N) is 1. The molecule has 0 bridgehead atoms. The Morgan fingerprint density at radius 1 is 1.35 bits per heavy atom. The lowest BCUT2D eigenvalue weighted by molar-refractivity contribution is -0.156. The van der Waals surface area contributed by atoms with Crippen molar-refractivity contribution >= 4 is 5.84 Å². The van der Waals surface area contributed by atoms with Gasteiger partial charge in [0.1, 0.15) is 24.3 Å². The van der Waals surface area contributed by atoms with Crippen molar-refractivity contribution in [2.75, 3.05) is 0 Å². The molecule has 0 fully saturated rings. The summed E-state index contributed by atoms with van der Waals surface area (Å²) >= 11 is 0. The second-order valence-corrected chi connectivity index (χ2v) is 4.64. The highest BCUT2D eigenvalue weighted by Crippen LogP contribution is 2.40. The topological polar surface area (TPSA) is 110 Å². The Kier molecular flexibility index (Phi) is 4.23. The Bertz CT molecular complexity index is 722. The molecule has 23 heavy (non-hydrogen) atoms. The fraction of sp³-hybridized carbons (Fsp3) is 0.250. The van der Waals surface area contributed by atoms with E-state index < -0.39 is 41.1 Å². The lowest BCUT2D eigenvalue weighted by Gasteiger charge is -2.35. The van der Waals surface area contributed by atoms with Crippen LogP contribution in [0.15, 0.2) is 36.0 Å². The SMILES string of the molecule is NC(=NO)C(F)(F)C(O)(Cn1cncn1)c1ccc(F)cc1F. The van der Waals surface area contributed by atoms with Gasteiger partial charge in [0.05, 0.1) is 6.54 Å². The summed E-state index contributed by atoms with van der Waals surface area (Å²) in [6.07, 6.45) is 2.00. The highest BCUT2D eigenvalue weighted by molar-refractivity contribution is 5.88. The monoisotopic (exact) mass is 333 g/mol. The van der Waals surface area contributed by atoms with Crippen LogP contribution in [-0.4, -0.2) is 36.8 Å². The molecule has 0 aliphatic rings. The molecular weight excluding hydrogens is 322 g/mol. The minimum atomic E-state index is -4.40. The number of aliphatic hydroxyl groups is 1. The van der Waals surface area contributed by atoms with E-state index in [0.717, 1.165) is 17.3 Å². The van der Waals surface area contributed by atoms with E-state index >= 15 is 0 Å². The van der Waals surface area contributed by atoms with Gasteiger partial charge in [0.15, 0.2) is 5.60 Å². The molecule has 0 spiro atoms. The molecule has 0 saturated heterocycles. The predicted octanol–water partition coefficient (Wildman–Crippen LogP) is 0.826. The van der Waals surface area contributed by atoms with Gasteiger partial charge in [-0.15, -0.1) is 0 Å². The Labute approximate surface area is 126 Å². The van der Waals surface area contributed by atoms with Crippen LogP contribution in [0.5, 0.6) is 0 Å². The summed E-state index contributed by atoms with van der Waals surface area (Å²) in [5, 5.41) is 24.7. The first-order valence-electron chi connectivity index (χ1n) is 6.08. The third-order valence-electron chi connectivity index (χ3n) is 3.18. The van der Waals surface area contributed by atoms with Gasteiger partial charge in [-0.2, -0.15) is 13.9 Å². The van der Waals surface area contributed by atoms with Crippen LogP contribution >= 0.6 is 0 Å². The zero-order valence-electron chi connectivity index (χ0n) is 11.4. The van der Waals surface area contributed by atoms with Crippen LogP contribution in [0.4, 0.5) is 17.6 Å². The zero-order chi connectivity index (χ0) is 17.3. The van der Waals surface area contributed by atoms with Crippen LogP contribution in [0.3, 0.4) is 0 Å². The van der Waals surface area contributed by atoms with Crippen LogP contribution in [0, 0.1) is 11.6 Å². The molecule has 0 saturated carbocycles. The van der Waals surface area contributed by atoms with Gasteiger partial charge >= 0.3 is 5.92 Å². The lowest BCUT2D eigenvalue weighted by Crippen LogP contribution is -2.56. The number of halogens is 4. The molecule has 0 aliphatic carbocycles. The third-order valence-corrected chi connectivity index (χ3v) is 3.18. The minimum absolute atomic E-state index is 0.323. The van der Waals surface area contributed by atoms with Gasteiger partial charge in [0.25, 0.3) is 0 Å². The molecule has 1 heterocycles. The van der Waals surface area contributed by atoms with E-state index in [1.54, 1.807) is 0 Å². The Balaban J connectivity index is 2.64. The van der Waals surface area contributed by atoms with Crippen molar-refractivity contribution < 1.29 is 27.9 Å². The van der Waals surface area contributed by atoms with Crippen molar-refractivity contribution in [1.29, 1.82) is 0 Å². The summed E-state index contributed by atoms with van der Waals surface area (Å²) < 4.78 is 56.6. The quantitative estimate of drug-likeness (QED) is 0.247. The Hall–Kier alpha value is -2.69. The molecular formula is C12H11F4N5O2. The summed E-state index contributed by atoms with van der Waals surface area (Å²) in [5.41, 5.74) is 0.668. The molecule has 0 amide bonds. The molecule has 1 aromatic carbocycles. The van der Waals surface area contributed by atoms with Crippen LogP contribution < -0.4 is 5.73 Å². The number of amidine groups is 1. The van der Waals surface area contributed by atoms with Crippen molar-refractivity contribution in [3.8, 4) is 0 Å². The summed E-state index contributed by atoms with van der Waals surface area (Å²) in [7, 11) is 0. The second kappa shape index (κ2) is 5.83. The molecule has 1 aromatic heterocycles. The molecule has 0 aliphatic heterocycles. The molecule has 1 unspecified atom stereocenters. The first-order valence-corrected chi connectivity index (χ1v) is 6.08. The van der Waals surface area contributed by atoms with Crippen molar-refractivity contribution in [3.05, 3.63) is 48.1 Å². The maximum atomic E-state index is 14.4. The smallest absolute Gasteiger partial charge is 0.341 e. The van der Waals surface area contributed by atoms with Crippen molar-refractivity contribution in [3.63, 3.8) is 0 Å². The summed E-state index contributed by atoms with van der Waals surface area (Å²) in [6.45, 7) is -0.987. The van der Waals surface area contributed by atoms with Gasteiger partial charge < -0.3 is 16.0 Å². The summed E-state index contributed by atoms with van der Waals surface area (Å²) in [5.74, 6) is -8.50. The Morgan fingerprint density at radius 2 is 2.04 bits per heavy atom. The molecule has 2 rings (SSSR count). The van der Waals surface area contributed by atoms with E-state index in [4.69, 9.17) is 10.9 Å². The number of hydrogen-bond donors (Lipinski definition) is 3. The molecule has 124 valence electrons. The molecule has 11 heteroatoms. The number of hydrogen-bond acceptors (Lipinski definition) is 5. The predicted molar refractivity (Wildman–Crippen MR) is 68.6 cm³/mol. The van der Waals surface area contributed by atoms with Gasteiger partial charge in [-0.05, 0) is 12.1 Å². The highest BCUT2D eigenvalue weighted by Gasteiger charge is 2.59. The van der Waals surface area contributed by atoms with Gasteiger partial charge in [-0.1, -0.05) is 5.16 Å². The fourth-order valence-corrected chi connectivity index (χ4v) is 2.00. The van der Waals surface area contributed by atoms with E-state index in [9.17, 15) is 22.7 Å². The van der Waals surface area contributed by atoms with Crippen molar-refractivity contribution in [1.82, 2.24) is 14.8 Å². The van der Waals surface area contributed by atoms with Crippen LogP contribution in [0.2, 0.25) is 0 Å². The Morgan fingerprint density at radius 3 is 2.57 bits per heavy atom. The molecule has 0 radical (unpaired) electrons. The number of oxime groups is 1.